The highest BCUT2D eigenvalue weighted by Crippen LogP contribution is 2.37. The molecule has 0 aliphatic heterocycles. The van der Waals surface area contributed by atoms with Gasteiger partial charge >= 0.3 is 6.18 Å². The van der Waals surface area contributed by atoms with Crippen LogP contribution in [0.15, 0.2) is 24.5 Å². The molecule has 0 amide bonds. The molecule has 0 bridgehead atoms. The van der Waals surface area contributed by atoms with Crippen molar-refractivity contribution in [2.24, 2.45) is 0 Å². The molecule has 2 aromatic heterocycles. The molecule has 2 heterocycles. The summed E-state index contributed by atoms with van der Waals surface area (Å²) in [7, 11) is 0. The topological polar surface area (TPSA) is 37.8 Å². The molecular formula is C13H14F3N3S. The average Bonchev–Trinajstić information content (AvgIpc) is 2.84. The van der Waals surface area contributed by atoms with Gasteiger partial charge in [-0.15, -0.1) is 11.3 Å². The van der Waals surface area contributed by atoms with Crippen molar-refractivity contribution < 1.29 is 13.2 Å². The van der Waals surface area contributed by atoms with Gasteiger partial charge in [-0.1, -0.05) is 6.92 Å². The number of alkyl halides is 3. The zero-order valence-corrected chi connectivity index (χ0v) is 11.7. The number of thiazole rings is 1. The van der Waals surface area contributed by atoms with Crippen LogP contribution >= 0.6 is 11.3 Å². The maximum Gasteiger partial charge on any atom is 0.434 e. The molecule has 0 saturated carbocycles. The van der Waals surface area contributed by atoms with Crippen molar-refractivity contribution >= 4 is 11.3 Å². The second kappa shape index (κ2) is 6.32. The number of hydrogen-bond acceptors (Lipinski definition) is 4. The van der Waals surface area contributed by atoms with Crippen LogP contribution in [0.1, 0.15) is 23.9 Å². The summed E-state index contributed by atoms with van der Waals surface area (Å²) in [6.07, 6.45) is -0.469. The quantitative estimate of drug-likeness (QED) is 0.855. The van der Waals surface area contributed by atoms with E-state index in [9.17, 15) is 13.2 Å². The van der Waals surface area contributed by atoms with Crippen LogP contribution in [0.2, 0.25) is 0 Å². The first kappa shape index (κ1) is 14.9. The van der Waals surface area contributed by atoms with Crippen molar-refractivity contribution in [1.82, 2.24) is 15.3 Å². The van der Waals surface area contributed by atoms with E-state index in [1.807, 2.05) is 6.92 Å². The molecule has 0 spiro atoms. The highest BCUT2D eigenvalue weighted by atomic mass is 32.1. The summed E-state index contributed by atoms with van der Waals surface area (Å²) in [4.78, 5) is 7.86. The van der Waals surface area contributed by atoms with Gasteiger partial charge in [0.15, 0.2) is 5.69 Å². The zero-order chi connectivity index (χ0) is 14.6. The molecule has 7 heteroatoms. The minimum absolute atomic E-state index is 0.181. The molecule has 1 N–H and O–H groups in total. The third-order valence-corrected chi connectivity index (χ3v) is 3.69. The summed E-state index contributed by atoms with van der Waals surface area (Å²) >= 11 is 1.06. The maximum atomic E-state index is 13.0. The average molecular weight is 301 g/mol. The summed E-state index contributed by atoms with van der Waals surface area (Å²) in [5.41, 5.74) is -0.199. The van der Waals surface area contributed by atoms with Crippen LogP contribution in [0, 0.1) is 0 Å². The first-order valence-electron chi connectivity index (χ1n) is 6.20. The second-order valence-corrected chi connectivity index (χ2v) is 5.29. The molecule has 0 atom stereocenters. The van der Waals surface area contributed by atoms with Crippen LogP contribution in [0.25, 0.3) is 10.6 Å². The van der Waals surface area contributed by atoms with Crippen LogP contribution in [0.4, 0.5) is 13.2 Å². The Kier molecular flexibility index (Phi) is 4.72. The molecule has 0 aliphatic carbocycles. The summed E-state index contributed by atoms with van der Waals surface area (Å²) in [5.74, 6) is 0. The maximum absolute atomic E-state index is 13.0. The first-order valence-corrected chi connectivity index (χ1v) is 7.02. The monoisotopic (exact) mass is 301 g/mol. The lowest BCUT2D eigenvalue weighted by atomic mass is 10.3. The van der Waals surface area contributed by atoms with Crippen LogP contribution in [-0.4, -0.2) is 16.5 Å². The minimum atomic E-state index is -4.43. The van der Waals surface area contributed by atoms with Gasteiger partial charge in [0.1, 0.15) is 5.01 Å². The number of pyridine rings is 1. The van der Waals surface area contributed by atoms with Gasteiger partial charge in [0.25, 0.3) is 0 Å². The molecule has 2 aromatic rings. The molecule has 0 saturated heterocycles. The van der Waals surface area contributed by atoms with Gasteiger partial charge in [-0.05, 0) is 25.1 Å². The zero-order valence-electron chi connectivity index (χ0n) is 10.9. The van der Waals surface area contributed by atoms with Crippen molar-refractivity contribution in [1.29, 1.82) is 0 Å². The number of nitrogens with zero attached hydrogens (tertiary/aromatic N) is 2. The van der Waals surface area contributed by atoms with Crippen LogP contribution in [-0.2, 0) is 12.7 Å². The van der Waals surface area contributed by atoms with E-state index in [-0.39, 0.29) is 11.4 Å². The van der Waals surface area contributed by atoms with E-state index in [1.54, 1.807) is 18.3 Å². The molecule has 108 valence electrons. The molecule has 20 heavy (non-hydrogen) atoms. The van der Waals surface area contributed by atoms with E-state index >= 15 is 0 Å². The van der Waals surface area contributed by atoms with Crippen molar-refractivity contribution in [3.8, 4) is 10.6 Å². The Hall–Kier alpha value is -1.47. The highest BCUT2D eigenvalue weighted by molar-refractivity contribution is 7.15. The Morgan fingerprint density at radius 2 is 2.15 bits per heavy atom. The van der Waals surface area contributed by atoms with Crippen LogP contribution in [0.5, 0.6) is 0 Å². The summed E-state index contributed by atoms with van der Waals surface area (Å²) in [6.45, 7) is 2.82. The first-order chi connectivity index (χ1) is 9.52. The van der Waals surface area contributed by atoms with Gasteiger partial charge in [-0.2, -0.15) is 13.2 Å². The lowest BCUT2D eigenvalue weighted by Crippen LogP contribution is -2.17. The molecule has 3 nitrogen and oxygen atoms in total. The molecule has 0 aromatic carbocycles. The highest BCUT2D eigenvalue weighted by Gasteiger charge is 2.37. The van der Waals surface area contributed by atoms with Crippen molar-refractivity contribution in [3.63, 3.8) is 0 Å². The van der Waals surface area contributed by atoms with E-state index in [4.69, 9.17) is 0 Å². The fraction of sp³-hybridized carbons (Fsp3) is 0.385. The number of halogens is 3. The van der Waals surface area contributed by atoms with Crippen molar-refractivity contribution in [3.05, 3.63) is 35.1 Å². The van der Waals surface area contributed by atoms with E-state index < -0.39 is 11.9 Å². The van der Waals surface area contributed by atoms with E-state index in [1.165, 1.54) is 6.20 Å². The Morgan fingerprint density at radius 3 is 2.75 bits per heavy atom. The van der Waals surface area contributed by atoms with E-state index in [0.717, 1.165) is 17.8 Å². The second-order valence-electron chi connectivity index (χ2n) is 4.21. The fourth-order valence-corrected chi connectivity index (χ4v) is 2.73. The number of hydrogen-bond donors (Lipinski definition) is 1. The fourth-order valence-electron chi connectivity index (χ4n) is 1.68. The van der Waals surface area contributed by atoms with Crippen LogP contribution in [0.3, 0.4) is 0 Å². The van der Waals surface area contributed by atoms with Crippen molar-refractivity contribution in [2.75, 3.05) is 6.54 Å². The summed E-state index contributed by atoms with van der Waals surface area (Å²) in [6, 6.07) is 3.38. The Bertz CT molecular complexity index is 552. The minimum Gasteiger partial charge on any atom is -0.312 e. The standard InChI is InChI=1S/C13H14F3N3S/c1-2-5-17-8-10-11(13(14,15)16)19-12(20-10)9-4-3-6-18-7-9/h3-4,6-7,17H,2,5,8H2,1H3. The van der Waals surface area contributed by atoms with Gasteiger partial charge in [-0.25, -0.2) is 4.98 Å². The lowest BCUT2D eigenvalue weighted by Gasteiger charge is -2.06. The predicted molar refractivity (Wildman–Crippen MR) is 72.3 cm³/mol. The van der Waals surface area contributed by atoms with Gasteiger partial charge in [0.2, 0.25) is 0 Å². The Morgan fingerprint density at radius 1 is 1.35 bits per heavy atom. The molecule has 0 radical (unpaired) electrons. The Balaban J connectivity index is 2.32. The van der Waals surface area contributed by atoms with E-state index in [2.05, 4.69) is 15.3 Å². The molecule has 0 fully saturated rings. The smallest absolute Gasteiger partial charge is 0.312 e. The number of aromatic nitrogens is 2. The third kappa shape index (κ3) is 3.55. The molecule has 0 unspecified atom stereocenters. The Labute approximate surface area is 118 Å². The summed E-state index contributed by atoms with van der Waals surface area (Å²) in [5, 5.41) is 3.33. The van der Waals surface area contributed by atoms with Gasteiger partial charge in [0, 0.05) is 24.5 Å². The SMILES string of the molecule is CCCNCc1sc(-c2cccnc2)nc1C(F)(F)F. The van der Waals surface area contributed by atoms with Gasteiger partial charge in [0.05, 0.1) is 4.88 Å². The third-order valence-electron chi connectivity index (χ3n) is 2.59. The van der Waals surface area contributed by atoms with Gasteiger partial charge in [-0.3, -0.25) is 4.98 Å². The molecular weight excluding hydrogens is 287 g/mol. The van der Waals surface area contributed by atoms with E-state index in [0.29, 0.717) is 17.1 Å². The van der Waals surface area contributed by atoms with Crippen LogP contribution < -0.4 is 5.32 Å². The molecule has 0 aliphatic rings. The normalized spacial score (nSPS) is 11.8. The predicted octanol–water partition coefficient (Wildman–Crippen LogP) is 3.72. The van der Waals surface area contributed by atoms with Crippen molar-refractivity contribution in [2.45, 2.75) is 26.1 Å². The summed E-state index contributed by atoms with van der Waals surface area (Å²) < 4.78 is 39.0. The number of rotatable bonds is 5. The number of nitrogens with one attached hydrogen (secondary N) is 1. The largest absolute Gasteiger partial charge is 0.434 e. The molecule has 2 rings (SSSR count). The lowest BCUT2D eigenvalue weighted by molar-refractivity contribution is -0.141. The van der Waals surface area contributed by atoms with Gasteiger partial charge < -0.3 is 5.32 Å².